The Hall–Kier alpha value is -1.18. The van der Waals surface area contributed by atoms with Gasteiger partial charge in [-0.2, -0.15) is 0 Å². The quantitative estimate of drug-likeness (QED) is 0.753. The van der Waals surface area contributed by atoms with Crippen LogP contribution in [0.1, 0.15) is 6.92 Å². The van der Waals surface area contributed by atoms with Gasteiger partial charge < -0.3 is 24.8 Å². The van der Waals surface area contributed by atoms with E-state index in [4.69, 9.17) is 9.47 Å². The molecule has 118 valence electrons. The standard InChI is InChI=1S/C16H17BrO5/c1-8-13(18)14(19)15(20)16(21-8)22-12-5-3-9-6-11(17)4-2-10(9)7-12/h2-8,13-16,18-20H,1H3/t8-,13-,14+,15-,16+/m1/s1. The normalized spacial score (nSPS) is 32.1. The molecule has 1 heterocycles. The first-order valence-corrected chi connectivity index (χ1v) is 7.80. The number of hydrogen-bond donors (Lipinski definition) is 3. The molecule has 1 saturated heterocycles. The van der Waals surface area contributed by atoms with Crippen molar-refractivity contribution in [1.29, 1.82) is 0 Å². The number of hydrogen-bond acceptors (Lipinski definition) is 5. The zero-order valence-electron chi connectivity index (χ0n) is 11.9. The highest BCUT2D eigenvalue weighted by atomic mass is 79.9. The summed E-state index contributed by atoms with van der Waals surface area (Å²) in [5.74, 6) is 0.523. The van der Waals surface area contributed by atoms with E-state index in [1.807, 2.05) is 30.3 Å². The summed E-state index contributed by atoms with van der Waals surface area (Å²) in [6.45, 7) is 1.62. The van der Waals surface area contributed by atoms with Gasteiger partial charge in [0, 0.05) is 4.47 Å². The van der Waals surface area contributed by atoms with Gasteiger partial charge in [-0.3, -0.25) is 0 Å². The molecular formula is C16H17BrO5. The van der Waals surface area contributed by atoms with Gasteiger partial charge in [-0.25, -0.2) is 0 Å². The fourth-order valence-corrected chi connectivity index (χ4v) is 2.89. The Bertz CT molecular complexity index is 677. The first-order valence-electron chi connectivity index (χ1n) is 7.01. The minimum absolute atomic E-state index is 0.523. The highest BCUT2D eigenvalue weighted by Crippen LogP contribution is 2.27. The molecule has 0 amide bonds. The maximum absolute atomic E-state index is 9.97. The van der Waals surface area contributed by atoms with Crippen molar-refractivity contribution in [3.05, 3.63) is 40.9 Å². The molecule has 0 spiro atoms. The molecule has 5 atom stereocenters. The lowest BCUT2D eigenvalue weighted by molar-refractivity contribution is -0.268. The molecule has 6 heteroatoms. The largest absolute Gasteiger partial charge is 0.462 e. The van der Waals surface area contributed by atoms with E-state index in [2.05, 4.69) is 15.9 Å². The van der Waals surface area contributed by atoms with Crippen molar-refractivity contribution >= 4 is 26.7 Å². The molecule has 0 saturated carbocycles. The monoisotopic (exact) mass is 368 g/mol. The molecule has 2 aromatic rings. The van der Waals surface area contributed by atoms with Crippen LogP contribution in [0.25, 0.3) is 10.8 Å². The summed E-state index contributed by atoms with van der Waals surface area (Å²) in [4.78, 5) is 0. The molecule has 1 aliphatic heterocycles. The van der Waals surface area contributed by atoms with Gasteiger partial charge in [-0.05, 0) is 42.0 Å². The highest BCUT2D eigenvalue weighted by molar-refractivity contribution is 9.10. The minimum atomic E-state index is -1.31. The summed E-state index contributed by atoms with van der Waals surface area (Å²) in [6.07, 6.45) is -5.40. The van der Waals surface area contributed by atoms with E-state index in [9.17, 15) is 15.3 Å². The maximum atomic E-state index is 9.97. The van der Waals surface area contributed by atoms with E-state index in [1.165, 1.54) is 0 Å². The van der Waals surface area contributed by atoms with Gasteiger partial charge in [-0.15, -0.1) is 0 Å². The number of aliphatic hydroxyl groups is 3. The Balaban J connectivity index is 1.82. The molecule has 1 aliphatic rings. The van der Waals surface area contributed by atoms with Gasteiger partial charge >= 0.3 is 0 Å². The van der Waals surface area contributed by atoms with Crippen LogP contribution in [0.5, 0.6) is 5.75 Å². The van der Waals surface area contributed by atoms with Gasteiger partial charge in [0.25, 0.3) is 0 Å². The first-order chi connectivity index (χ1) is 10.5. The van der Waals surface area contributed by atoms with Crippen molar-refractivity contribution in [2.45, 2.75) is 37.6 Å². The van der Waals surface area contributed by atoms with Crippen molar-refractivity contribution in [2.75, 3.05) is 0 Å². The van der Waals surface area contributed by atoms with Gasteiger partial charge in [0.05, 0.1) is 6.10 Å². The highest BCUT2D eigenvalue weighted by Gasteiger charge is 2.43. The second-order valence-electron chi connectivity index (χ2n) is 5.45. The van der Waals surface area contributed by atoms with Crippen LogP contribution in [-0.2, 0) is 4.74 Å². The van der Waals surface area contributed by atoms with Gasteiger partial charge in [0.2, 0.25) is 6.29 Å². The van der Waals surface area contributed by atoms with E-state index in [0.717, 1.165) is 15.2 Å². The molecular weight excluding hydrogens is 352 g/mol. The zero-order chi connectivity index (χ0) is 15.9. The molecule has 0 aliphatic carbocycles. The number of aliphatic hydroxyl groups excluding tert-OH is 3. The van der Waals surface area contributed by atoms with Gasteiger partial charge in [0.15, 0.2) is 0 Å². The van der Waals surface area contributed by atoms with Crippen LogP contribution in [-0.4, -0.2) is 46.0 Å². The lowest BCUT2D eigenvalue weighted by Crippen LogP contribution is -2.58. The molecule has 0 radical (unpaired) electrons. The summed E-state index contributed by atoms with van der Waals surface area (Å²) in [5.41, 5.74) is 0. The van der Waals surface area contributed by atoms with E-state index in [1.54, 1.807) is 13.0 Å². The van der Waals surface area contributed by atoms with Crippen LogP contribution in [0, 0.1) is 0 Å². The fourth-order valence-electron chi connectivity index (χ4n) is 2.51. The second kappa shape index (κ2) is 6.14. The minimum Gasteiger partial charge on any atom is -0.462 e. The summed E-state index contributed by atoms with van der Waals surface area (Å²) >= 11 is 3.42. The van der Waals surface area contributed by atoms with Crippen LogP contribution in [0.4, 0.5) is 0 Å². The van der Waals surface area contributed by atoms with Crippen LogP contribution >= 0.6 is 15.9 Å². The maximum Gasteiger partial charge on any atom is 0.229 e. The lowest BCUT2D eigenvalue weighted by Gasteiger charge is -2.38. The van der Waals surface area contributed by atoms with Crippen LogP contribution in [0.3, 0.4) is 0 Å². The Morgan fingerprint density at radius 3 is 2.41 bits per heavy atom. The van der Waals surface area contributed by atoms with E-state index in [0.29, 0.717) is 5.75 Å². The third kappa shape index (κ3) is 2.98. The molecule has 3 rings (SSSR count). The fraction of sp³-hybridized carbons (Fsp3) is 0.375. The zero-order valence-corrected chi connectivity index (χ0v) is 13.5. The number of rotatable bonds is 2. The molecule has 2 aromatic carbocycles. The van der Waals surface area contributed by atoms with Crippen molar-refractivity contribution in [3.63, 3.8) is 0 Å². The van der Waals surface area contributed by atoms with Gasteiger partial charge in [-0.1, -0.05) is 28.1 Å². The summed E-state index contributed by atoms with van der Waals surface area (Å²) in [6, 6.07) is 11.4. The molecule has 0 aromatic heterocycles. The van der Waals surface area contributed by atoms with Crippen LogP contribution in [0.15, 0.2) is 40.9 Å². The third-order valence-electron chi connectivity index (χ3n) is 3.83. The molecule has 0 bridgehead atoms. The topological polar surface area (TPSA) is 79.2 Å². The number of ether oxygens (including phenoxy) is 2. The molecule has 3 N–H and O–H groups in total. The average molecular weight is 369 g/mol. The van der Waals surface area contributed by atoms with E-state index >= 15 is 0 Å². The summed E-state index contributed by atoms with van der Waals surface area (Å²) in [5, 5.41) is 31.5. The lowest BCUT2D eigenvalue weighted by atomic mass is 10.00. The molecule has 0 unspecified atom stereocenters. The van der Waals surface area contributed by atoms with Crippen molar-refractivity contribution in [3.8, 4) is 5.75 Å². The van der Waals surface area contributed by atoms with E-state index in [-0.39, 0.29) is 0 Å². The second-order valence-corrected chi connectivity index (χ2v) is 6.37. The Kier molecular flexibility index (Phi) is 4.38. The molecule has 5 nitrogen and oxygen atoms in total. The number of benzene rings is 2. The van der Waals surface area contributed by atoms with Crippen molar-refractivity contribution in [2.24, 2.45) is 0 Å². The SMILES string of the molecule is C[C@H]1O[C@@H](Oc2ccc3cc(Br)ccc3c2)[C@H](O)[C@@H](O)[C@@H]1O. The molecule has 1 fully saturated rings. The average Bonchev–Trinajstić information content (AvgIpc) is 2.50. The first kappa shape index (κ1) is 15.7. The third-order valence-corrected chi connectivity index (χ3v) is 4.33. The number of halogens is 1. The van der Waals surface area contributed by atoms with Crippen molar-refractivity contribution < 1.29 is 24.8 Å². The molecule has 22 heavy (non-hydrogen) atoms. The van der Waals surface area contributed by atoms with Gasteiger partial charge in [0.1, 0.15) is 24.1 Å². The smallest absolute Gasteiger partial charge is 0.229 e. The predicted octanol–water partition coefficient (Wildman–Crippen LogP) is 1.81. The predicted molar refractivity (Wildman–Crippen MR) is 84.6 cm³/mol. The van der Waals surface area contributed by atoms with Crippen LogP contribution in [0.2, 0.25) is 0 Å². The summed E-state index contributed by atoms with van der Waals surface area (Å²) in [7, 11) is 0. The van der Waals surface area contributed by atoms with E-state index < -0.39 is 30.7 Å². The Labute approximate surface area is 136 Å². The van der Waals surface area contributed by atoms with Crippen molar-refractivity contribution in [1.82, 2.24) is 0 Å². The van der Waals surface area contributed by atoms with Crippen LogP contribution < -0.4 is 4.74 Å². The summed E-state index contributed by atoms with van der Waals surface area (Å²) < 4.78 is 12.1. The Morgan fingerprint density at radius 1 is 0.955 bits per heavy atom. The number of fused-ring (bicyclic) bond motifs is 1. The Morgan fingerprint density at radius 2 is 1.64 bits per heavy atom.